The van der Waals surface area contributed by atoms with Gasteiger partial charge in [-0.1, -0.05) is 25.1 Å². The lowest BCUT2D eigenvalue weighted by atomic mass is 9.89. The van der Waals surface area contributed by atoms with E-state index in [1.54, 1.807) is 11.3 Å². The van der Waals surface area contributed by atoms with Crippen molar-refractivity contribution in [3.8, 4) is 11.6 Å². The fraction of sp³-hybridized carbons (Fsp3) is 0.300. The number of aromatic amines is 1. The molecular formula is C20H18N2O2S. The van der Waals surface area contributed by atoms with Gasteiger partial charge in [-0.25, -0.2) is 4.98 Å². The SMILES string of the molecule is Cc1c(-c2nc3sc4c(c3c(=O)[nH]2)CC[C@@H](C)C4)oc2ccccc12. The van der Waals surface area contributed by atoms with Gasteiger partial charge in [-0.3, -0.25) is 4.79 Å². The van der Waals surface area contributed by atoms with Gasteiger partial charge in [0.25, 0.3) is 5.56 Å². The molecule has 1 aliphatic rings. The molecular weight excluding hydrogens is 332 g/mol. The molecule has 1 aliphatic carbocycles. The number of thiophene rings is 1. The molecule has 126 valence electrons. The lowest BCUT2D eigenvalue weighted by Crippen LogP contribution is -2.13. The molecule has 3 heterocycles. The molecule has 0 radical (unpaired) electrons. The predicted octanol–water partition coefficient (Wildman–Crippen LogP) is 4.83. The molecule has 1 atom stereocenters. The van der Waals surface area contributed by atoms with Crippen LogP contribution in [0, 0.1) is 12.8 Å². The lowest BCUT2D eigenvalue weighted by Gasteiger charge is -2.17. The molecule has 0 saturated carbocycles. The van der Waals surface area contributed by atoms with Crippen LogP contribution in [0.1, 0.15) is 29.3 Å². The summed E-state index contributed by atoms with van der Waals surface area (Å²) in [4.78, 5) is 22.7. The van der Waals surface area contributed by atoms with Crippen molar-refractivity contribution in [3.63, 3.8) is 0 Å². The number of benzene rings is 1. The highest BCUT2D eigenvalue weighted by atomic mass is 32.1. The summed E-state index contributed by atoms with van der Waals surface area (Å²) in [7, 11) is 0. The maximum absolute atomic E-state index is 12.8. The van der Waals surface area contributed by atoms with Gasteiger partial charge in [-0.2, -0.15) is 0 Å². The molecule has 0 bridgehead atoms. The first-order chi connectivity index (χ1) is 12.1. The highest BCUT2D eigenvalue weighted by Gasteiger charge is 2.24. The van der Waals surface area contributed by atoms with Gasteiger partial charge in [0, 0.05) is 15.8 Å². The Morgan fingerprint density at radius 2 is 2.16 bits per heavy atom. The van der Waals surface area contributed by atoms with Gasteiger partial charge in [0.15, 0.2) is 11.6 Å². The minimum atomic E-state index is -0.0492. The molecule has 0 saturated heterocycles. The van der Waals surface area contributed by atoms with Crippen LogP contribution in [0.3, 0.4) is 0 Å². The van der Waals surface area contributed by atoms with Crippen LogP contribution < -0.4 is 5.56 Å². The van der Waals surface area contributed by atoms with Crippen molar-refractivity contribution in [2.75, 3.05) is 0 Å². The number of furan rings is 1. The van der Waals surface area contributed by atoms with Crippen molar-refractivity contribution in [2.24, 2.45) is 5.92 Å². The summed E-state index contributed by atoms with van der Waals surface area (Å²) in [6, 6.07) is 7.90. The zero-order valence-electron chi connectivity index (χ0n) is 14.2. The van der Waals surface area contributed by atoms with E-state index >= 15 is 0 Å². The van der Waals surface area contributed by atoms with E-state index < -0.39 is 0 Å². The molecule has 1 N–H and O–H groups in total. The van der Waals surface area contributed by atoms with E-state index in [4.69, 9.17) is 9.40 Å². The first-order valence-electron chi connectivity index (χ1n) is 8.65. The second-order valence-corrected chi connectivity index (χ2v) is 8.08. The molecule has 1 aromatic carbocycles. The number of hydrogen-bond acceptors (Lipinski definition) is 4. The van der Waals surface area contributed by atoms with Gasteiger partial charge < -0.3 is 9.40 Å². The zero-order valence-corrected chi connectivity index (χ0v) is 15.0. The maximum Gasteiger partial charge on any atom is 0.260 e. The van der Waals surface area contributed by atoms with E-state index in [0.29, 0.717) is 17.5 Å². The fourth-order valence-electron chi connectivity index (χ4n) is 3.86. The Morgan fingerprint density at radius 1 is 1.32 bits per heavy atom. The third-order valence-electron chi connectivity index (χ3n) is 5.22. The molecule has 5 heteroatoms. The Kier molecular flexibility index (Phi) is 3.16. The molecule has 3 aromatic heterocycles. The van der Waals surface area contributed by atoms with Crippen LogP contribution in [0.15, 0.2) is 33.5 Å². The van der Waals surface area contributed by atoms with Crippen LogP contribution in [0.4, 0.5) is 0 Å². The van der Waals surface area contributed by atoms with E-state index in [1.807, 2.05) is 31.2 Å². The Balaban J connectivity index is 1.75. The average molecular weight is 350 g/mol. The smallest absolute Gasteiger partial charge is 0.260 e. The van der Waals surface area contributed by atoms with Crippen molar-refractivity contribution in [2.45, 2.75) is 33.1 Å². The molecule has 5 rings (SSSR count). The summed E-state index contributed by atoms with van der Waals surface area (Å²) in [5, 5.41) is 1.84. The molecule has 0 aliphatic heterocycles. The Hall–Kier alpha value is -2.40. The summed E-state index contributed by atoms with van der Waals surface area (Å²) < 4.78 is 5.98. The van der Waals surface area contributed by atoms with E-state index in [2.05, 4.69) is 11.9 Å². The first kappa shape index (κ1) is 14.9. The van der Waals surface area contributed by atoms with E-state index in [1.165, 1.54) is 10.4 Å². The summed E-state index contributed by atoms with van der Waals surface area (Å²) in [5.74, 6) is 1.86. The number of nitrogens with zero attached hydrogens (tertiary/aromatic N) is 1. The van der Waals surface area contributed by atoms with Crippen LogP contribution >= 0.6 is 11.3 Å². The zero-order chi connectivity index (χ0) is 17.1. The van der Waals surface area contributed by atoms with Crippen molar-refractivity contribution in [1.29, 1.82) is 0 Å². The average Bonchev–Trinajstić information content (AvgIpc) is 3.12. The van der Waals surface area contributed by atoms with Crippen molar-refractivity contribution in [3.05, 3.63) is 50.6 Å². The first-order valence-corrected chi connectivity index (χ1v) is 9.46. The van der Waals surface area contributed by atoms with Crippen LogP contribution in [-0.2, 0) is 12.8 Å². The van der Waals surface area contributed by atoms with Crippen LogP contribution in [0.5, 0.6) is 0 Å². The number of hydrogen-bond donors (Lipinski definition) is 1. The normalized spacial score (nSPS) is 17.3. The molecule has 0 amide bonds. The number of rotatable bonds is 1. The number of para-hydroxylation sites is 1. The van der Waals surface area contributed by atoms with Gasteiger partial charge >= 0.3 is 0 Å². The summed E-state index contributed by atoms with van der Waals surface area (Å²) in [6.07, 6.45) is 3.17. The van der Waals surface area contributed by atoms with E-state index in [9.17, 15) is 4.79 Å². The minimum Gasteiger partial charge on any atom is -0.453 e. The van der Waals surface area contributed by atoms with Crippen LogP contribution in [0.25, 0.3) is 32.8 Å². The molecule has 25 heavy (non-hydrogen) atoms. The van der Waals surface area contributed by atoms with Crippen molar-refractivity contribution < 1.29 is 4.42 Å². The highest BCUT2D eigenvalue weighted by Crippen LogP contribution is 2.37. The standard InChI is InChI=1S/C20H18N2O2S/c1-10-7-8-13-15(9-10)25-20-16(13)19(23)21-18(22-20)17-11(2)12-5-3-4-6-14(12)24-17/h3-6,10H,7-9H2,1-2H3,(H,21,22,23)/t10-/m1/s1. The van der Waals surface area contributed by atoms with Crippen molar-refractivity contribution >= 4 is 32.5 Å². The van der Waals surface area contributed by atoms with Crippen molar-refractivity contribution in [1.82, 2.24) is 9.97 Å². The number of H-pyrrole nitrogens is 1. The van der Waals surface area contributed by atoms with Gasteiger partial charge in [-0.15, -0.1) is 11.3 Å². The molecule has 4 nitrogen and oxygen atoms in total. The number of fused-ring (bicyclic) bond motifs is 4. The van der Waals surface area contributed by atoms with E-state index in [0.717, 1.165) is 46.0 Å². The number of aromatic nitrogens is 2. The Morgan fingerprint density at radius 3 is 3.00 bits per heavy atom. The lowest BCUT2D eigenvalue weighted by molar-refractivity contribution is 0.509. The highest BCUT2D eigenvalue weighted by molar-refractivity contribution is 7.18. The van der Waals surface area contributed by atoms with Gasteiger partial charge in [0.05, 0.1) is 5.39 Å². The summed E-state index contributed by atoms with van der Waals surface area (Å²) in [5.41, 5.74) is 2.98. The second-order valence-electron chi connectivity index (χ2n) is 7.00. The molecule has 4 aromatic rings. The predicted molar refractivity (Wildman–Crippen MR) is 101 cm³/mol. The van der Waals surface area contributed by atoms with Gasteiger partial charge in [0.1, 0.15) is 10.4 Å². The molecule has 0 unspecified atom stereocenters. The summed E-state index contributed by atoms with van der Waals surface area (Å²) >= 11 is 1.67. The fourth-order valence-corrected chi connectivity index (χ4v) is 5.24. The Bertz CT molecular complexity index is 1180. The quantitative estimate of drug-likeness (QED) is 0.535. The number of nitrogens with one attached hydrogen (secondary N) is 1. The van der Waals surface area contributed by atoms with Gasteiger partial charge in [0.2, 0.25) is 0 Å². The third kappa shape index (κ3) is 2.19. The Labute approximate surface area is 148 Å². The van der Waals surface area contributed by atoms with Crippen LogP contribution in [0.2, 0.25) is 0 Å². The monoisotopic (exact) mass is 350 g/mol. The third-order valence-corrected chi connectivity index (χ3v) is 6.37. The van der Waals surface area contributed by atoms with Crippen LogP contribution in [-0.4, -0.2) is 9.97 Å². The summed E-state index contributed by atoms with van der Waals surface area (Å²) in [6.45, 7) is 4.28. The maximum atomic E-state index is 12.8. The second kappa shape index (κ2) is 5.30. The largest absolute Gasteiger partial charge is 0.453 e. The number of aryl methyl sites for hydroxylation is 2. The van der Waals surface area contributed by atoms with Gasteiger partial charge in [-0.05, 0) is 43.7 Å². The molecule has 0 spiro atoms. The van der Waals surface area contributed by atoms with E-state index in [-0.39, 0.29) is 5.56 Å². The molecule has 0 fully saturated rings. The topological polar surface area (TPSA) is 58.9 Å². The minimum absolute atomic E-state index is 0.0492.